The lowest BCUT2D eigenvalue weighted by molar-refractivity contribution is 0.222. The van der Waals surface area contributed by atoms with Gasteiger partial charge < -0.3 is 10.1 Å². The fraction of sp³-hybridized carbons (Fsp3) is 0.333. The van der Waals surface area contributed by atoms with Crippen LogP contribution in [0.2, 0.25) is 0 Å². The van der Waals surface area contributed by atoms with Gasteiger partial charge in [-0.25, -0.2) is 0 Å². The molecule has 0 fully saturated rings. The van der Waals surface area contributed by atoms with Gasteiger partial charge in [-0.05, 0) is 42.7 Å². The van der Waals surface area contributed by atoms with Gasteiger partial charge in [0.1, 0.15) is 11.9 Å². The summed E-state index contributed by atoms with van der Waals surface area (Å²) in [4.78, 5) is 0. The van der Waals surface area contributed by atoms with E-state index in [2.05, 4.69) is 70.6 Å². The van der Waals surface area contributed by atoms with Crippen LogP contribution >= 0.6 is 15.9 Å². The molecule has 0 amide bonds. The Morgan fingerprint density at radius 2 is 1.95 bits per heavy atom. The van der Waals surface area contributed by atoms with Gasteiger partial charge in [0.2, 0.25) is 0 Å². The molecule has 1 N–H and O–H groups in total. The summed E-state index contributed by atoms with van der Waals surface area (Å²) in [6.07, 6.45) is 2.30. The first-order chi connectivity index (χ1) is 10.2. The van der Waals surface area contributed by atoms with Gasteiger partial charge >= 0.3 is 0 Å². The molecule has 0 aromatic heterocycles. The lowest BCUT2D eigenvalue weighted by Crippen LogP contribution is -2.36. The molecule has 110 valence electrons. The van der Waals surface area contributed by atoms with Gasteiger partial charge in [-0.15, -0.1) is 0 Å². The van der Waals surface area contributed by atoms with E-state index in [1.165, 1.54) is 11.1 Å². The van der Waals surface area contributed by atoms with Crippen molar-refractivity contribution in [3.05, 3.63) is 64.1 Å². The van der Waals surface area contributed by atoms with E-state index in [0.29, 0.717) is 6.04 Å². The minimum atomic E-state index is 0.259. The summed E-state index contributed by atoms with van der Waals surface area (Å²) in [7, 11) is 0. The standard InChI is InChI=1S/C18H20BrNO/c1-13(10-14-6-8-16(19)9-7-14)20-12-17-11-15-4-2-3-5-18(15)21-17/h2-9,13,17,20H,10-12H2,1H3. The molecule has 0 saturated heterocycles. The third kappa shape index (κ3) is 3.86. The Bertz CT molecular complexity index is 571. The van der Waals surface area contributed by atoms with Crippen LogP contribution in [0.4, 0.5) is 0 Å². The maximum atomic E-state index is 5.95. The van der Waals surface area contributed by atoms with Crippen LogP contribution in [0, 0.1) is 0 Å². The van der Waals surface area contributed by atoms with E-state index in [0.717, 1.165) is 29.6 Å². The smallest absolute Gasteiger partial charge is 0.123 e. The SMILES string of the molecule is CC(Cc1ccc(Br)cc1)NCC1Cc2ccccc2O1. The van der Waals surface area contributed by atoms with Crippen LogP contribution in [0.25, 0.3) is 0 Å². The molecule has 0 bridgehead atoms. The lowest BCUT2D eigenvalue weighted by Gasteiger charge is -2.17. The third-order valence-electron chi connectivity index (χ3n) is 3.86. The number of halogens is 1. The minimum Gasteiger partial charge on any atom is -0.488 e. The van der Waals surface area contributed by atoms with Gasteiger partial charge in [-0.3, -0.25) is 0 Å². The minimum absolute atomic E-state index is 0.259. The van der Waals surface area contributed by atoms with E-state index in [4.69, 9.17) is 4.74 Å². The van der Waals surface area contributed by atoms with Crippen LogP contribution in [0.1, 0.15) is 18.1 Å². The second-order valence-electron chi connectivity index (χ2n) is 5.69. The molecule has 0 aliphatic carbocycles. The number of rotatable bonds is 5. The largest absolute Gasteiger partial charge is 0.488 e. The topological polar surface area (TPSA) is 21.3 Å². The fourth-order valence-electron chi connectivity index (χ4n) is 2.75. The van der Waals surface area contributed by atoms with Crippen molar-refractivity contribution in [3.63, 3.8) is 0 Å². The Morgan fingerprint density at radius 1 is 1.19 bits per heavy atom. The zero-order chi connectivity index (χ0) is 14.7. The second-order valence-corrected chi connectivity index (χ2v) is 6.61. The maximum absolute atomic E-state index is 5.95. The number of benzene rings is 2. The number of hydrogen-bond acceptors (Lipinski definition) is 2. The first-order valence-electron chi connectivity index (χ1n) is 7.43. The fourth-order valence-corrected chi connectivity index (χ4v) is 3.01. The van der Waals surface area contributed by atoms with Crippen LogP contribution in [0.3, 0.4) is 0 Å². The lowest BCUT2D eigenvalue weighted by atomic mass is 10.1. The van der Waals surface area contributed by atoms with Gasteiger partial charge in [-0.2, -0.15) is 0 Å². The highest BCUT2D eigenvalue weighted by atomic mass is 79.9. The Morgan fingerprint density at radius 3 is 2.71 bits per heavy atom. The van der Waals surface area contributed by atoms with Crippen molar-refractivity contribution in [2.75, 3.05) is 6.54 Å². The third-order valence-corrected chi connectivity index (χ3v) is 4.39. The van der Waals surface area contributed by atoms with Crippen molar-refractivity contribution in [1.82, 2.24) is 5.32 Å². The Hall–Kier alpha value is -1.32. The second kappa shape index (κ2) is 6.63. The molecule has 2 aromatic carbocycles. The Labute approximate surface area is 134 Å². The van der Waals surface area contributed by atoms with Crippen LogP contribution in [0.15, 0.2) is 53.0 Å². The zero-order valence-corrected chi connectivity index (χ0v) is 13.8. The van der Waals surface area contributed by atoms with E-state index in [-0.39, 0.29) is 6.10 Å². The van der Waals surface area contributed by atoms with Gasteiger partial charge in [0.05, 0.1) is 0 Å². The highest BCUT2D eigenvalue weighted by molar-refractivity contribution is 9.10. The molecule has 1 aliphatic heterocycles. The Kier molecular flexibility index (Phi) is 4.61. The molecule has 3 heteroatoms. The van der Waals surface area contributed by atoms with E-state index < -0.39 is 0 Å². The molecule has 3 rings (SSSR count). The maximum Gasteiger partial charge on any atom is 0.123 e. The molecule has 21 heavy (non-hydrogen) atoms. The molecule has 2 atom stereocenters. The predicted molar refractivity (Wildman–Crippen MR) is 89.9 cm³/mol. The van der Waals surface area contributed by atoms with Gasteiger partial charge in [0.25, 0.3) is 0 Å². The van der Waals surface area contributed by atoms with Crippen LogP contribution < -0.4 is 10.1 Å². The summed E-state index contributed by atoms with van der Waals surface area (Å²) >= 11 is 3.47. The zero-order valence-electron chi connectivity index (χ0n) is 12.2. The average molecular weight is 346 g/mol. The summed E-state index contributed by atoms with van der Waals surface area (Å²) in [5.74, 6) is 1.05. The molecular weight excluding hydrogens is 326 g/mol. The summed E-state index contributed by atoms with van der Waals surface area (Å²) < 4.78 is 7.08. The first-order valence-corrected chi connectivity index (χ1v) is 8.22. The van der Waals surface area contributed by atoms with Crippen molar-refractivity contribution >= 4 is 15.9 Å². The molecule has 1 heterocycles. The number of fused-ring (bicyclic) bond motifs is 1. The van der Waals surface area contributed by atoms with Crippen LogP contribution in [-0.2, 0) is 12.8 Å². The van der Waals surface area contributed by atoms with Crippen LogP contribution in [-0.4, -0.2) is 18.7 Å². The molecule has 2 nitrogen and oxygen atoms in total. The van der Waals surface area contributed by atoms with Gasteiger partial charge in [-0.1, -0.05) is 46.3 Å². The van der Waals surface area contributed by atoms with Gasteiger partial charge in [0.15, 0.2) is 0 Å². The molecular formula is C18H20BrNO. The van der Waals surface area contributed by atoms with E-state index in [1.54, 1.807) is 0 Å². The highest BCUT2D eigenvalue weighted by Crippen LogP contribution is 2.27. The Balaban J connectivity index is 1.47. The van der Waals surface area contributed by atoms with E-state index in [1.807, 2.05) is 6.07 Å². The summed E-state index contributed by atoms with van der Waals surface area (Å²) in [5, 5.41) is 3.59. The molecule has 1 aliphatic rings. The van der Waals surface area contributed by atoms with Crippen molar-refractivity contribution in [1.29, 1.82) is 0 Å². The monoisotopic (exact) mass is 345 g/mol. The van der Waals surface area contributed by atoms with Crippen molar-refractivity contribution in [2.45, 2.75) is 31.9 Å². The van der Waals surface area contributed by atoms with E-state index >= 15 is 0 Å². The normalized spacial score (nSPS) is 18.1. The summed E-state index contributed by atoms with van der Waals surface area (Å²) in [6, 6.07) is 17.3. The van der Waals surface area contributed by atoms with Crippen LogP contribution in [0.5, 0.6) is 5.75 Å². The summed E-state index contributed by atoms with van der Waals surface area (Å²) in [5.41, 5.74) is 2.68. The molecule has 2 unspecified atom stereocenters. The van der Waals surface area contributed by atoms with Gasteiger partial charge in [0, 0.05) is 23.5 Å². The number of para-hydroxylation sites is 1. The molecule has 0 spiro atoms. The van der Waals surface area contributed by atoms with E-state index in [9.17, 15) is 0 Å². The number of nitrogens with one attached hydrogen (secondary N) is 1. The summed E-state index contributed by atoms with van der Waals surface area (Å²) in [6.45, 7) is 3.12. The molecule has 2 aromatic rings. The van der Waals surface area contributed by atoms with Crippen molar-refractivity contribution in [2.24, 2.45) is 0 Å². The molecule has 0 saturated carbocycles. The quantitative estimate of drug-likeness (QED) is 0.885. The molecule has 0 radical (unpaired) electrons. The van der Waals surface area contributed by atoms with Crippen molar-refractivity contribution in [3.8, 4) is 5.75 Å². The highest BCUT2D eigenvalue weighted by Gasteiger charge is 2.22. The average Bonchev–Trinajstić information content (AvgIpc) is 2.90. The first kappa shape index (κ1) is 14.6. The number of ether oxygens (including phenoxy) is 1. The van der Waals surface area contributed by atoms with Crippen molar-refractivity contribution < 1.29 is 4.74 Å². The number of hydrogen-bond donors (Lipinski definition) is 1. The predicted octanol–water partition coefficient (Wildman–Crippen LogP) is 3.97.